The molecule has 1 fully saturated rings. The van der Waals surface area contributed by atoms with Gasteiger partial charge in [-0.05, 0) is 17.7 Å². The van der Waals surface area contributed by atoms with E-state index in [0.29, 0.717) is 5.56 Å². The smallest absolute Gasteiger partial charge is 0.325 e. The van der Waals surface area contributed by atoms with Crippen LogP contribution in [0, 0.1) is 5.82 Å². The van der Waals surface area contributed by atoms with Crippen molar-refractivity contribution in [2.75, 3.05) is 5.75 Å². The van der Waals surface area contributed by atoms with Crippen molar-refractivity contribution in [3.8, 4) is 0 Å². The molecule has 0 unspecified atom stereocenters. The quantitative estimate of drug-likeness (QED) is 0.841. The molecule has 1 aliphatic rings. The second-order valence-corrected chi connectivity index (χ2v) is 7.05. The molecule has 19 heavy (non-hydrogen) atoms. The molecule has 2 rings (SSSR count). The molecule has 0 aliphatic heterocycles. The van der Waals surface area contributed by atoms with E-state index >= 15 is 0 Å². The number of carboxylic acid groups (broad SMARTS) is 1. The fourth-order valence-corrected chi connectivity index (χ4v) is 4.35. The van der Waals surface area contributed by atoms with Crippen molar-refractivity contribution in [1.82, 2.24) is 0 Å². The van der Waals surface area contributed by atoms with Gasteiger partial charge in [-0.2, -0.15) is 0 Å². The average Bonchev–Trinajstić information content (AvgIpc) is 2.99. The van der Waals surface area contributed by atoms with Gasteiger partial charge in [0.1, 0.15) is 11.4 Å². The summed E-state index contributed by atoms with van der Waals surface area (Å²) < 4.78 is 36.7. The lowest BCUT2D eigenvalue weighted by atomic mass is 10.1. The molecule has 0 saturated heterocycles. The van der Waals surface area contributed by atoms with Gasteiger partial charge < -0.3 is 10.8 Å². The molecule has 0 aromatic heterocycles. The molecule has 0 bridgehead atoms. The zero-order chi connectivity index (χ0) is 14.4. The highest BCUT2D eigenvalue weighted by molar-refractivity contribution is 7.92. The monoisotopic (exact) mass is 287 g/mol. The van der Waals surface area contributed by atoms with Gasteiger partial charge in [-0.3, -0.25) is 4.79 Å². The molecule has 1 aliphatic carbocycles. The molecular weight excluding hydrogens is 273 g/mol. The Kier molecular flexibility index (Phi) is 3.14. The summed E-state index contributed by atoms with van der Waals surface area (Å²) in [4.78, 5) is 11.2. The van der Waals surface area contributed by atoms with Crippen LogP contribution in [0.3, 0.4) is 0 Å². The van der Waals surface area contributed by atoms with Gasteiger partial charge in [0.05, 0.1) is 5.25 Å². The van der Waals surface area contributed by atoms with Crippen molar-refractivity contribution in [3.63, 3.8) is 0 Å². The van der Waals surface area contributed by atoms with Crippen molar-refractivity contribution in [2.45, 2.75) is 23.6 Å². The van der Waals surface area contributed by atoms with E-state index in [-0.39, 0.29) is 5.75 Å². The summed E-state index contributed by atoms with van der Waals surface area (Å²) in [7, 11) is -3.58. The van der Waals surface area contributed by atoms with Gasteiger partial charge in [0.25, 0.3) is 0 Å². The predicted octanol–water partition coefficient (Wildman–Crippen LogP) is 0.508. The normalized spacial score (nSPS) is 30.1. The Balaban J connectivity index is 2.45. The predicted molar refractivity (Wildman–Crippen MR) is 66.9 cm³/mol. The van der Waals surface area contributed by atoms with E-state index in [2.05, 4.69) is 0 Å². The first-order valence-electron chi connectivity index (χ1n) is 5.74. The maximum Gasteiger partial charge on any atom is 0.325 e. The van der Waals surface area contributed by atoms with Crippen molar-refractivity contribution in [2.24, 2.45) is 5.73 Å². The minimum Gasteiger partial charge on any atom is -0.480 e. The van der Waals surface area contributed by atoms with E-state index in [1.807, 2.05) is 0 Å². The van der Waals surface area contributed by atoms with Crippen LogP contribution in [-0.2, 0) is 14.6 Å². The Hall–Kier alpha value is -1.47. The van der Waals surface area contributed by atoms with Crippen LogP contribution in [0.4, 0.5) is 4.39 Å². The summed E-state index contributed by atoms with van der Waals surface area (Å²) in [6.07, 6.45) is 0. The van der Waals surface area contributed by atoms with Crippen molar-refractivity contribution < 1.29 is 22.7 Å². The number of halogens is 1. The molecule has 0 amide bonds. The topological polar surface area (TPSA) is 97.5 Å². The van der Waals surface area contributed by atoms with Crippen LogP contribution in [0.25, 0.3) is 0 Å². The summed E-state index contributed by atoms with van der Waals surface area (Å²) in [6.45, 7) is 1.44. The first-order valence-corrected chi connectivity index (χ1v) is 7.46. The zero-order valence-electron chi connectivity index (χ0n) is 10.2. The third-order valence-electron chi connectivity index (χ3n) is 3.57. The largest absolute Gasteiger partial charge is 0.480 e. The standard InChI is InChI=1S/C12H14FNO4S/c1-2-19(17,18)10-9(12(10,14)11(15)16)7-3-5-8(13)6-4-7/h3-6,9-10H,2,14H2,1H3,(H,15,16)/t9-,10+,12+/m0/s1. The Bertz CT molecular complexity index is 613. The highest BCUT2D eigenvalue weighted by Crippen LogP contribution is 2.54. The minimum absolute atomic E-state index is 0.179. The summed E-state index contributed by atoms with van der Waals surface area (Å²) in [5.74, 6) is -2.85. The van der Waals surface area contributed by atoms with E-state index in [4.69, 9.17) is 10.8 Å². The number of sulfone groups is 1. The average molecular weight is 287 g/mol. The van der Waals surface area contributed by atoms with Crippen LogP contribution < -0.4 is 5.73 Å². The van der Waals surface area contributed by atoms with Crippen LogP contribution in [0.1, 0.15) is 18.4 Å². The third kappa shape index (κ3) is 2.02. The van der Waals surface area contributed by atoms with Crippen molar-refractivity contribution in [1.29, 1.82) is 0 Å². The van der Waals surface area contributed by atoms with Gasteiger partial charge in [0, 0.05) is 11.7 Å². The lowest BCUT2D eigenvalue weighted by molar-refractivity contribution is -0.139. The number of rotatable bonds is 4. The number of nitrogens with two attached hydrogens (primary N) is 1. The van der Waals surface area contributed by atoms with E-state index in [9.17, 15) is 17.6 Å². The van der Waals surface area contributed by atoms with E-state index in [1.54, 1.807) is 0 Å². The number of benzene rings is 1. The molecule has 5 nitrogen and oxygen atoms in total. The molecule has 3 N–H and O–H groups in total. The van der Waals surface area contributed by atoms with Gasteiger partial charge in [0.15, 0.2) is 9.84 Å². The van der Waals surface area contributed by atoms with Crippen LogP contribution in [0.2, 0.25) is 0 Å². The number of aliphatic carboxylic acids is 1. The number of carbonyl (C=O) groups is 1. The maximum atomic E-state index is 12.9. The molecule has 1 saturated carbocycles. The summed E-state index contributed by atoms with van der Waals surface area (Å²) in [5, 5.41) is 8.01. The fraction of sp³-hybridized carbons (Fsp3) is 0.417. The van der Waals surface area contributed by atoms with E-state index < -0.39 is 38.3 Å². The molecule has 7 heteroatoms. The Morgan fingerprint density at radius 2 is 1.95 bits per heavy atom. The molecule has 3 atom stereocenters. The molecular formula is C12H14FNO4S. The van der Waals surface area contributed by atoms with Crippen LogP contribution >= 0.6 is 0 Å². The third-order valence-corrected chi connectivity index (χ3v) is 5.81. The maximum absolute atomic E-state index is 12.9. The molecule has 1 aromatic rings. The highest BCUT2D eigenvalue weighted by Gasteiger charge is 2.73. The number of hydrogen-bond acceptors (Lipinski definition) is 4. The van der Waals surface area contributed by atoms with Gasteiger partial charge in [-0.25, -0.2) is 12.8 Å². The lowest BCUT2D eigenvalue weighted by Gasteiger charge is -2.05. The van der Waals surface area contributed by atoms with Crippen molar-refractivity contribution >= 4 is 15.8 Å². The lowest BCUT2D eigenvalue weighted by Crippen LogP contribution is -2.40. The van der Waals surface area contributed by atoms with Crippen LogP contribution in [-0.4, -0.2) is 36.0 Å². The molecule has 0 spiro atoms. The van der Waals surface area contributed by atoms with E-state index in [0.717, 1.165) is 12.1 Å². The summed E-state index contributed by atoms with van der Waals surface area (Å²) in [5.41, 5.74) is 4.33. The fourth-order valence-electron chi connectivity index (χ4n) is 2.43. The molecule has 0 radical (unpaired) electrons. The van der Waals surface area contributed by atoms with Crippen molar-refractivity contribution in [3.05, 3.63) is 35.6 Å². The van der Waals surface area contributed by atoms with Gasteiger partial charge in [-0.15, -0.1) is 0 Å². The van der Waals surface area contributed by atoms with Gasteiger partial charge >= 0.3 is 5.97 Å². The Morgan fingerprint density at radius 1 is 1.42 bits per heavy atom. The first kappa shape index (κ1) is 14.0. The molecule has 1 aromatic carbocycles. The van der Waals surface area contributed by atoms with Crippen LogP contribution in [0.15, 0.2) is 24.3 Å². The SMILES string of the molecule is CCS(=O)(=O)[C@@H]1[C@H](c2ccc(F)cc2)[C@]1(N)C(=O)O. The van der Waals surface area contributed by atoms with Crippen LogP contribution in [0.5, 0.6) is 0 Å². The van der Waals surface area contributed by atoms with E-state index in [1.165, 1.54) is 19.1 Å². The second-order valence-electron chi connectivity index (χ2n) is 4.64. The Morgan fingerprint density at radius 3 is 2.37 bits per heavy atom. The summed E-state index contributed by atoms with van der Waals surface area (Å²) >= 11 is 0. The molecule has 0 heterocycles. The second kappa shape index (κ2) is 4.28. The number of hydrogen-bond donors (Lipinski definition) is 2. The first-order chi connectivity index (χ1) is 8.75. The zero-order valence-corrected chi connectivity index (χ0v) is 11.0. The highest BCUT2D eigenvalue weighted by atomic mass is 32.2. The Labute approximate surface area is 110 Å². The summed E-state index contributed by atoms with van der Waals surface area (Å²) in [6, 6.07) is 5.06. The minimum atomic E-state index is -3.58. The van der Waals surface area contributed by atoms with Gasteiger partial charge in [-0.1, -0.05) is 19.1 Å². The van der Waals surface area contributed by atoms with Gasteiger partial charge in [0.2, 0.25) is 0 Å². The molecule has 104 valence electrons. The number of carboxylic acids is 1.